The number of nitrogens with zero attached hydrogens (tertiary/aromatic N) is 1. The van der Waals surface area contributed by atoms with Gasteiger partial charge in [-0.25, -0.2) is 0 Å². The van der Waals surface area contributed by atoms with Crippen molar-refractivity contribution in [3.8, 4) is 0 Å². The Labute approximate surface area is 129 Å². The fourth-order valence-corrected chi connectivity index (χ4v) is 2.34. The van der Waals surface area contributed by atoms with Crippen LogP contribution >= 0.6 is 11.6 Å². The largest absolute Gasteiger partial charge is 0.481 e. The number of hydrogen-bond acceptors (Lipinski definition) is 3. The van der Waals surface area contributed by atoms with Crippen LogP contribution < -0.4 is 5.32 Å². The van der Waals surface area contributed by atoms with E-state index in [1.807, 2.05) is 19.9 Å². The number of nitrogens with one attached hydrogen (secondary N) is 1. The first-order valence-corrected chi connectivity index (χ1v) is 7.09. The monoisotopic (exact) mass is 312 g/mol. The van der Waals surface area contributed by atoms with E-state index < -0.39 is 12.0 Å². The molecule has 0 bridgehead atoms. The number of carbonyl (C=O) groups excluding carboxylic acids is 1. The van der Waals surface area contributed by atoms with Gasteiger partial charge in [-0.3, -0.25) is 14.5 Å². The maximum atomic E-state index is 12.2. The quantitative estimate of drug-likeness (QED) is 0.847. The first-order valence-electron chi connectivity index (χ1n) is 6.72. The third kappa shape index (κ3) is 5.02. The van der Waals surface area contributed by atoms with Crippen LogP contribution in [0.25, 0.3) is 0 Å². The van der Waals surface area contributed by atoms with Gasteiger partial charge in [-0.05, 0) is 45.0 Å². The van der Waals surface area contributed by atoms with Crippen LogP contribution in [0.3, 0.4) is 0 Å². The van der Waals surface area contributed by atoms with Crippen LogP contribution in [0.5, 0.6) is 0 Å². The molecule has 6 heteroatoms. The summed E-state index contributed by atoms with van der Waals surface area (Å²) in [5.74, 6) is -1.09. The van der Waals surface area contributed by atoms with Gasteiger partial charge >= 0.3 is 5.97 Å². The molecule has 0 aliphatic rings. The number of anilines is 1. The fourth-order valence-electron chi connectivity index (χ4n) is 1.97. The summed E-state index contributed by atoms with van der Waals surface area (Å²) in [5.41, 5.74) is 2.53. The molecule has 0 heterocycles. The van der Waals surface area contributed by atoms with Crippen LogP contribution in [0.15, 0.2) is 12.1 Å². The average Bonchev–Trinajstić information content (AvgIpc) is 2.38. The summed E-state index contributed by atoms with van der Waals surface area (Å²) in [7, 11) is 1.72. The number of halogens is 1. The molecular formula is C15H21ClN2O3. The van der Waals surface area contributed by atoms with Crippen LogP contribution in [-0.4, -0.2) is 41.5 Å². The zero-order valence-corrected chi connectivity index (χ0v) is 13.5. The Morgan fingerprint density at radius 3 is 2.52 bits per heavy atom. The molecule has 0 saturated carbocycles. The van der Waals surface area contributed by atoms with Gasteiger partial charge in [0.1, 0.15) is 0 Å². The van der Waals surface area contributed by atoms with E-state index in [1.165, 1.54) is 0 Å². The lowest BCUT2D eigenvalue weighted by Gasteiger charge is -2.23. The number of aliphatic carboxylic acids is 1. The number of aryl methyl sites for hydroxylation is 2. The highest BCUT2D eigenvalue weighted by Gasteiger charge is 2.20. The summed E-state index contributed by atoms with van der Waals surface area (Å²) in [6.07, 6.45) is -0.00155. The molecule has 0 aliphatic carbocycles. The third-order valence-corrected chi connectivity index (χ3v) is 3.70. The lowest BCUT2D eigenvalue weighted by atomic mass is 10.1. The van der Waals surface area contributed by atoms with E-state index >= 15 is 0 Å². The summed E-state index contributed by atoms with van der Waals surface area (Å²) in [4.78, 5) is 24.5. The molecule has 0 fully saturated rings. The highest BCUT2D eigenvalue weighted by Crippen LogP contribution is 2.27. The Morgan fingerprint density at radius 1 is 1.38 bits per heavy atom. The first-order chi connectivity index (χ1) is 9.72. The third-order valence-electron chi connectivity index (χ3n) is 3.40. The number of benzene rings is 1. The Hall–Kier alpha value is -1.59. The molecule has 5 nitrogen and oxygen atoms in total. The number of carbonyl (C=O) groups is 2. The summed E-state index contributed by atoms with van der Waals surface area (Å²) in [5, 5.41) is 12.0. The molecule has 116 valence electrons. The SMILES string of the molecule is Cc1cc(C)c(NC(=O)C(C)N(C)CCC(=O)O)c(Cl)c1. The summed E-state index contributed by atoms with van der Waals surface area (Å²) < 4.78 is 0. The normalized spacial score (nSPS) is 12.3. The minimum Gasteiger partial charge on any atom is -0.481 e. The second-order valence-electron chi connectivity index (χ2n) is 5.23. The zero-order chi connectivity index (χ0) is 16.2. The van der Waals surface area contributed by atoms with Gasteiger partial charge in [-0.15, -0.1) is 0 Å². The maximum Gasteiger partial charge on any atom is 0.304 e. The molecule has 0 spiro atoms. The molecule has 0 saturated heterocycles. The zero-order valence-electron chi connectivity index (χ0n) is 12.7. The number of carboxylic acids is 1. The maximum absolute atomic E-state index is 12.2. The number of carboxylic acid groups (broad SMARTS) is 1. The predicted octanol–water partition coefficient (Wildman–Crippen LogP) is 2.69. The topological polar surface area (TPSA) is 69.6 Å². The van der Waals surface area contributed by atoms with Crippen molar-refractivity contribution in [2.75, 3.05) is 18.9 Å². The molecule has 0 radical (unpaired) electrons. The van der Waals surface area contributed by atoms with Crippen LogP contribution in [-0.2, 0) is 9.59 Å². The van der Waals surface area contributed by atoms with Gasteiger partial charge in [0.25, 0.3) is 0 Å². The fraction of sp³-hybridized carbons (Fsp3) is 0.467. The van der Waals surface area contributed by atoms with Crippen LogP contribution in [0.4, 0.5) is 5.69 Å². The Balaban J connectivity index is 2.74. The van der Waals surface area contributed by atoms with Gasteiger partial charge < -0.3 is 10.4 Å². The van der Waals surface area contributed by atoms with Crippen molar-refractivity contribution in [1.29, 1.82) is 0 Å². The molecule has 0 aliphatic heterocycles. The van der Waals surface area contributed by atoms with E-state index in [4.69, 9.17) is 16.7 Å². The standard InChI is InChI=1S/C15H21ClN2O3/c1-9-7-10(2)14(12(16)8-9)17-15(21)11(3)18(4)6-5-13(19)20/h7-8,11H,5-6H2,1-4H3,(H,17,21)(H,19,20). The second-order valence-corrected chi connectivity index (χ2v) is 5.64. The van der Waals surface area contributed by atoms with Crippen molar-refractivity contribution < 1.29 is 14.7 Å². The van der Waals surface area contributed by atoms with E-state index in [1.54, 1.807) is 24.9 Å². The molecule has 2 N–H and O–H groups in total. The number of rotatable bonds is 6. The lowest BCUT2D eigenvalue weighted by Crippen LogP contribution is -2.40. The number of likely N-dealkylation sites (N-methyl/N-ethyl adjacent to an activating group) is 1. The minimum absolute atomic E-state index is 0.00155. The van der Waals surface area contributed by atoms with Crippen molar-refractivity contribution in [3.63, 3.8) is 0 Å². The van der Waals surface area contributed by atoms with Gasteiger partial charge in [0, 0.05) is 6.54 Å². The van der Waals surface area contributed by atoms with Crippen LogP contribution in [0.2, 0.25) is 5.02 Å². The molecular weight excluding hydrogens is 292 g/mol. The summed E-state index contributed by atoms with van der Waals surface area (Å²) in [6.45, 7) is 5.86. The Morgan fingerprint density at radius 2 is 2.00 bits per heavy atom. The Kier molecular flexibility index (Phi) is 6.18. The second kappa shape index (κ2) is 7.43. The number of amides is 1. The van der Waals surface area contributed by atoms with Gasteiger partial charge in [0.05, 0.1) is 23.2 Å². The Bertz CT molecular complexity index is 523. The van der Waals surface area contributed by atoms with Gasteiger partial charge in [-0.1, -0.05) is 17.7 Å². The molecule has 1 unspecified atom stereocenters. The molecule has 0 aromatic heterocycles. The highest BCUT2D eigenvalue weighted by molar-refractivity contribution is 6.34. The first kappa shape index (κ1) is 17.5. The molecule has 1 rings (SSSR count). The van der Waals surface area contributed by atoms with Gasteiger partial charge in [0.2, 0.25) is 5.91 Å². The van der Waals surface area contributed by atoms with E-state index in [0.29, 0.717) is 17.3 Å². The van der Waals surface area contributed by atoms with Crippen LogP contribution in [0.1, 0.15) is 24.5 Å². The van der Waals surface area contributed by atoms with Crippen molar-refractivity contribution in [3.05, 3.63) is 28.3 Å². The molecule has 1 aromatic carbocycles. The van der Waals surface area contributed by atoms with Crippen molar-refractivity contribution in [1.82, 2.24) is 4.90 Å². The number of hydrogen-bond donors (Lipinski definition) is 2. The van der Waals surface area contributed by atoms with E-state index in [9.17, 15) is 9.59 Å². The van der Waals surface area contributed by atoms with Gasteiger partial charge in [0.15, 0.2) is 0 Å². The summed E-state index contributed by atoms with van der Waals surface area (Å²) >= 11 is 6.16. The molecule has 1 atom stereocenters. The van der Waals surface area contributed by atoms with Gasteiger partial charge in [-0.2, -0.15) is 0 Å². The molecule has 1 amide bonds. The van der Waals surface area contributed by atoms with E-state index in [-0.39, 0.29) is 12.3 Å². The van der Waals surface area contributed by atoms with Crippen LogP contribution in [0, 0.1) is 13.8 Å². The lowest BCUT2D eigenvalue weighted by molar-refractivity contribution is -0.137. The van der Waals surface area contributed by atoms with E-state index in [2.05, 4.69) is 5.32 Å². The molecule has 1 aromatic rings. The van der Waals surface area contributed by atoms with E-state index in [0.717, 1.165) is 11.1 Å². The highest BCUT2D eigenvalue weighted by atomic mass is 35.5. The summed E-state index contributed by atoms with van der Waals surface area (Å²) in [6, 6.07) is 3.30. The predicted molar refractivity (Wildman–Crippen MR) is 83.9 cm³/mol. The van der Waals surface area contributed by atoms with Crippen molar-refractivity contribution in [2.24, 2.45) is 0 Å². The van der Waals surface area contributed by atoms with Crippen molar-refractivity contribution in [2.45, 2.75) is 33.2 Å². The minimum atomic E-state index is -0.883. The smallest absolute Gasteiger partial charge is 0.304 e. The van der Waals surface area contributed by atoms with Crippen molar-refractivity contribution >= 4 is 29.2 Å². The molecule has 21 heavy (non-hydrogen) atoms. The average molecular weight is 313 g/mol.